The number of carbonyl (C=O) groups is 4. The molecule has 2 saturated carbocycles. The molecule has 4 N–H and O–H groups in total. The van der Waals surface area contributed by atoms with E-state index in [2.05, 4.69) is 37.2 Å². The van der Waals surface area contributed by atoms with Gasteiger partial charge in [0.2, 0.25) is 27.4 Å². The SMILES string of the molecule is C=C[C@@H]1C[C@]1(NC(=O)[C@@H]1C[C@@H](Oc2nc(-c3ccc(C(F)(F)F)cc3)nc3c2oc2ccccc23)CN1C(=O)[C@@H](Nc1ccc(C(=O)NC)cc1)C(C)(C)C)C(=O)NS(=O)(=O)C1CC1. The van der Waals surface area contributed by atoms with Crippen LogP contribution in [0, 0.1) is 11.3 Å². The molecule has 19 heteroatoms. The van der Waals surface area contributed by atoms with E-state index in [0.717, 1.165) is 12.1 Å². The molecule has 64 heavy (non-hydrogen) atoms. The van der Waals surface area contributed by atoms with Crippen molar-refractivity contribution in [2.75, 3.05) is 18.9 Å². The number of anilines is 1. The standard InChI is InChI=1S/C45H46F3N7O8S/c1-6-26-22-44(26,42(59)54-64(60,61)30-19-20-30)53-39(57)32-21-29(23-55(32)41(58)36(43(2,3)4)50-28-17-13-25(14-18-28)38(56)49-5)62-40-35-34(31-9-7-8-10-33(31)63-35)51-37(52-40)24-11-15-27(16-12-24)45(46,47)48/h6-18,26,29-30,32,36,50H,1,19-23H2,2-5H3,(H,49,56)(H,53,57)(H,54,59)/t26-,29-,32+,36-,44-/m1/s1. The summed E-state index contributed by atoms with van der Waals surface area (Å²) < 4.78 is 81.0. The molecular formula is C45H46F3N7O8S. The topological polar surface area (TPSA) is 202 Å². The van der Waals surface area contributed by atoms with Crippen LogP contribution in [0.3, 0.4) is 0 Å². The van der Waals surface area contributed by atoms with Crippen molar-refractivity contribution in [1.82, 2.24) is 30.2 Å². The van der Waals surface area contributed by atoms with Crippen LogP contribution in [0.4, 0.5) is 18.9 Å². The molecule has 15 nitrogen and oxygen atoms in total. The summed E-state index contributed by atoms with van der Waals surface area (Å²) in [5, 5.41) is 8.50. The summed E-state index contributed by atoms with van der Waals surface area (Å²) in [6.45, 7) is 9.10. The summed E-state index contributed by atoms with van der Waals surface area (Å²) in [5.74, 6) is -3.12. The van der Waals surface area contributed by atoms with Crippen LogP contribution in [0.25, 0.3) is 33.5 Å². The third kappa shape index (κ3) is 8.59. The molecule has 0 bridgehead atoms. The zero-order valence-corrected chi connectivity index (χ0v) is 36.1. The highest BCUT2D eigenvalue weighted by Gasteiger charge is 2.62. The molecule has 2 aromatic heterocycles. The molecular weight excluding hydrogens is 856 g/mol. The zero-order valence-electron chi connectivity index (χ0n) is 35.3. The highest BCUT2D eigenvalue weighted by Crippen LogP contribution is 2.46. The molecule has 3 aromatic carbocycles. The van der Waals surface area contributed by atoms with Gasteiger partial charge >= 0.3 is 6.18 Å². The summed E-state index contributed by atoms with van der Waals surface area (Å²) in [5.41, 5.74) is -1.26. The lowest BCUT2D eigenvalue weighted by Gasteiger charge is -2.36. The Bertz CT molecular complexity index is 2790. The molecule has 5 aromatic rings. The van der Waals surface area contributed by atoms with Gasteiger partial charge in [0.25, 0.3) is 17.7 Å². The lowest BCUT2D eigenvalue weighted by molar-refractivity contribution is -0.141. The number of rotatable bonds is 13. The number of hydrogen-bond acceptors (Lipinski definition) is 11. The number of ether oxygens (including phenoxy) is 1. The van der Waals surface area contributed by atoms with Gasteiger partial charge in [-0.3, -0.25) is 23.9 Å². The van der Waals surface area contributed by atoms with E-state index in [1.807, 2.05) is 20.8 Å². The molecule has 4 amide bonds. The Kier molecular flexibility index (Phi) is 11.2. The van der Waals surface area contributed by atoms with Crippen molar-refractivity contribution in [3.63, 3.8) is 0 Å². The molecule has 336 valence electrons. The highest BCUT2D eigenvalue weighted by molar-refractivity contribution is 7.91. The monoisotopic (exact) mass is 901 g/mol. The van der Waals surface area contributed by atoms with E-state index in [0.29, 0.717) is 40.6 Å². The number of nitrogens with one attached hydrogen (secondary N) is 4. The Morgan fingerprint density at radius 3 is 2.28 bits per heavy atom. The van der Waals surface area contributed by atoms with Crippen LogP contribution >= 0.6 is 0 Å². The first-order valence-electron chi connectivity index (χ1n) is 20.7. The van der Waals surface area contributed by atoms with Crippen molar-refractivity contribution in [1.29, 1.82) is 0 Å². The fourth-order valence-corrected chi connectivity index (χ4v) is 9.34. The predicted molar refractivity (Wildman–Crippen MR) is 230 cm³/mol. The maximum absolute atomic E-state index is 15.0. The van der Waals surface area contributed by atoms with Gasteiger partial charge in [0.15, 0.2) is 5.82 Å². The number of likely N-dealkylation sites (tertiary alicyclic amines) is 1. The smallest absolute Gasteiger partial charge is 0.416 e. The Morgan fingerprint density at radius 1 is 0.984 bits per heavy atom. The van der Waals surface area contributed by atoms with Crippen LogP contribution < -0.4 is 25.4 Å². The Labute approximate surface area is 366 Å². The summed E-state index contributed by atoms with van der Waals surface area (Å²) in [6, 6.07) is 15.6. The number of aromatic nitrogens is 2. The Balaban J connectivity index is 1.15. The number of benzene rings is 3. The van der Waals surface area contributed by atoms with Crippen molar-refractivity contribution in [2.24, 2.45) is 11.3 Å². The number of fused-ring (bicyclic) bond motifs is 3. The number of nitrogens with zero attached hydrogens (tertiary/aromatic N) is 3. The molecule has 0 radical (unpaired) electrons. The quantitative estimate of drug-likeness (QED) is 0.102. The fourth-order valence-electron chi connectivity index (χ4n) is 7.98. The third-order valence-corrected chi connectivity index (χ3v) is 13.7. The lowest BCUT2D eigenvalue weighted by Crippen LogP contribution is -2.58. The van der Waals surface area contributed by atoms with Gasteiger partial charge in [0.1, 0.15) is 34.8 Å². The summed E-state index contributed by atoms with van der Waals surface area (Å²) >= 11 is 0. The first-order valence-corrected chi connectivity index (χ1v) is 22.2. The third-order valence-electron chi connectivity index (χ3n) is 11.8. The molecule has 2 aliphatic carbocycles. The van der Waals surface area contributed by atoms with E-state index in [-0.39, 0.29) is 48.1 Å². The molecule has 0 unspecified atom stereocenters. The molecule has 8 rings (SSSR count). The van der Waals surface area contributed by atoms with E-state index in [4.69, 9.17) is 9.15 Å². The molecule has 3 fully saturated rings. The number of halogens is 3. The summed E-state index contributed by atoms with van der Waals surface area (Å²) in [7, 11) is -2.47. The molecule has 1 saturated heterocycles. The van der Waals surface area contributed by atoms with Crippen LogP contribution in [0.2, 0.25) is 0 Å². The van der Waals surface area contributed by atoms with Gasteiger partial charge in [0.05, 0.1) is 17.4 Å². The number of sulfonamides is 1. The fraction of sp³-hybridized carbons (Fsp3) is 0.378. The minimum atomic E-state index is -4.57. The van der Waals surface area contributed by atoms with Crippen molar-refractivity contribution in [3.05, 3.63) is 96.6 Å². The average molecular weight is 902 g/mol. The van der Waals surface area contributed by atoms with E-state index in [1.165, 1.54) is 30.2 Å². The van der Waals surface area contributed by atoms with Crippen LogP contribution in [0.15, 0.2) is 89.9 Å². The largest absolute Gasteiger partial charge is 0.470 e. The van der Waals surface area contributed by atoms with E-state index >= 15 is 0 Å². The lowest BCUT2D eigenvalue weighted by atomic mass is 9.85. The normalized spacial score (nSPS) is 21.5. The van der Waals surface area contributed by atoms with Gasteiger partial charge in [-0.2, -0.15) is 18.2 Å². The van der Waals surface area contributed by atoms with Gasteiger partial charge in [-0.1, -0.05) is 51.1 Å². The second kappa shape index (κ2) is 16.2. The molecule has 1 aliphatic heterocycles. The number of hydrogen-bond donors (Lipinski definition) is 4. The second-order valence-corrected chi connectivity index (χ2v) is 19.4. The zero-order chi connectivity index (χ0) is 45.9. The van der Waals surface area contributed by atoms with Crippen molar-refractivity contribution >= 4 is 61.4 Å². The number of amides is 4. The minimum absolute atomic E-state index is 0.0285. The van der Waals surface area contributed by atoms with Gasteiger partial charge in [-0.25, -0.2) is 13.4 Å². The first kappa shape index (κ1) is 44.1. The van der Waals surface area contributed by atoms with Crippen LogP contribution in [0.5, 0.6) is 5.88 Å². The van der Waals surface area contributed by atoms with Gasteiger partial charge in [-0.05, 0) is 73.2 Å². The van der Waals surface area contributed by atoms with Gasteiger partial charge in [0, 0.05) is 41.6 Å². The average Bonchev–Trinajstić information content (AvgIpc) is 4.16. The van der Waals surface area contributed by atoms with E-state index in [1.54, 1.807) is 48.5 Å². The van der Waals surface area contributed by atoms with Gasteiger partial charge in [-0.15, -0.1) is 6.58 Å². The molecule has 5 atom stereocenters. The maximum Gasteiger partial charge on any atom is 0.416 e. The second-order valence-electron chi connectivity index (χ2n) is 17.5. The number of furan rings is 1. The van der Waals surface area contributed by atoms with Crippen molar-refractivity contribution in [3.8, 4) is 17.3 Å². The minimum Gasteiger partial charge on any atom is -0.470 e. The Morgan fingerprint density at radius 2 is 1.67 bits per heavy atom. The van der Waals surface area contributed by atoms with Gasteiger partial charge < -0.3 is 30.0 Å². The summed E-state index contributed by atoms with van der Waals surface area (Å²) in [4.78, 5) is 66.1. The molecule has 3 aliphatic rings. The van der Waals surface area contributed by atoms with E-state index < -0.39 is 79.8 Å². The predicted octanol–water partition coefficient (Wildman–Crippen LogP) is 5.97. The van der Waals surface area contributed by atoms with Crippen molar-refractivity contribution < 1.29 is 49.9 Å². The number of carbonyl (C=O) groups excluding carboxylic acids is 4. The van der Waals surface area contributed by atoms with Crippen molar-refractivity contribution in [2.45, 2.75) is 81.6 Å². The maximum atomic E-state index is 15.0. The van der Waals surface area contributed by atoms with Crippen LogP contribution in [-0.2, 0) is 30.6 Å². The van der Waals surface area contributed by atoms with Crippen LogP contribution in [-0.4, -0.2) is 89.5 Å². The number of para-hydroxylation sites is 1. The van der Waals surface area contributed by atoms with E-state index in [9.17, 15) is 40.8 Å². The first-order chi connectivity index (χ1) is 30.2. The highest BCUT2D eigenvalue weighted by atomic mass is 32.2. The molecule has 0 spiro atoms. The van der Waals surface area contributed by atoms with Crippen LogP contribution in [0.1, 0.15) is 62.4 Å². The number of alkyl halides is 3. The molecule has 3 heterocycles. The summed E-state index contributed by atoms with van der Waals surface area (Å²) in [6.07, 6.45) is -3.30. The Hall–Kier alpha value is -6.50.